The Labute approximate surface area is 204 Å². The lowest BCUT2D eigenvalue weighted by atomic mass is 10.1. The topological polar surface area (TPSA) is 97.4 Å². The fourth-order valence-electron chi connectivity index (χ4n) is 3.34. The number of nitrogens with one attached hydrogen (secondary N) is 2. The van der Waals surface area contributed by atoms with Gasteiger partial charge in [-0.1, -0.05) is 18.2 Å². The molecule has 0 aliphatic heterocycles. The zero-order valence-electron chi connectivity index (χ0n) is 18.0. The Morgan fingerprint density at radius 2 is 1.82 bits per heavy atom. The molecule has 0 radical (unpaired) electrons. The van der Waals surface area contributed by atoms with Crippen LogP contribution in [0.3, 0.4) is 0 Å². The van der Waals surface area contributed by atoms with Crippen molar-refractivity contribution in [1.29, 1.82) is 0 Å². The van der Waals surface area contributed by atoms with E-state index < -0.39 is 10.0 Å². The molecule has 4 rings (SSSR count). The predicted molar refractivity (Wildman–Crippen MR) is 135 cm³/mol. The fraction of sp³-hybridized carbons (Fsp3) is 0.130. The Hall–Kier alpha value is -2.95. The lowest BCUT2D eigenvalue weighted by Crippen LogP contribution is -2.17. The number of thiophene rings is 1. The van der Waals surface area contributed by atoms with Crippen molar-refractivity contribution in [3.63, 3.8) is 0 Å². The Morgan fingerprint density at radius 3 is 2.52 bits per heavy atom. The zero-order valence-corrected chi connectivity index (χ0v) is 21.2. The Morgan fingerprint density at radius 1 is 1.09 bits per heavy atom. The van der Waals surface area contributed by atoms with Gasteiger partial charge in [0.1, 0.15) is 15.5 Å². The van der Waals surface area contributed by atoms with Crippen LogP contribution in [0.4, 0.5) is 11.4 Å². The van der Waals surface area contributed by atoms with Crippen molar-refractivity contribution < 1.29 is 17.9 Å². The lowest BCUT2D eigenvalue weighted by molar-refractivity contribution is 0.103. The summed E-state index contributed by atoms with van der Waals surface area (Å²) in [5.74, 6) is -0.187. The highest BCUT2D eigenvalue weighted by Crippen LogP contribution is 2.32. The molecule has 170 valence electrons. The molecule has 4 aromatic rings. The van der Waals surface area contributed by atoms with Crippen molar-refractivity contribution >= 4 is 64.8 Å². The minimum Gasteiger partial charge on any atom is -0.495 e. The summed E-state index contributed by atoms with van der Waals surface area (Å²) in [5.41, 5.74) is 2.44. The minimum absolute atomic E-state index is 0.0765. The number of para-hydroxylation sites is 1. The number of benzene rings is 2. The monoisotopic (exact) mass is 545 g/mol. The average molecular weight is 546 g/mol. The Bertz CT molecular complexity index is 1460. The highest BCUT2D eigenvalue weighted by molar-refractivity contribution is 9.10. The molecule has 0 saturated heterocycles. The molecule has 0 aliphatic carbocycles. The van der Waals surface area contributed by atoms with Crippen molar-refractivity contribution in [2.24, 2.45) is 0 Å². The van der Waals surface area contributed by atoms with E-state index in [1.807, 2.05) is 38.1 Å². The molecule has 0 aliphatic rings. The van der Waals surface area contributed by atoms with Crippen molar-refractivity contribution in [3.8, 4) is 5.75 Å². The van der Waals surface area contributed by atoms with Crippen LogP contribution in [0.5, 0.6) is 5.75 Å². The quantitative estimate of drug-likeness (QED) is 0.322. The molecule has 0 spiro atoms. The molecule has 0 fully saturated rings. The van der Waals surface area contributed by atoms with Gasteiger partial charge in [0.15, 0.2) is 0 Å². The number of amides is 1. The summed E-state index contributed by atoms with van der Waals surface area (Å²) in [6, 6.07) is 13.6. The van der Waals surface area contributed by atoms with E-state index in [0.717, 1.165) is 25.8 Å². The van der Waals surface area contributed by atoms with Crippen LogP contribution < -0.4 is 14.8 Å². The number of halogens is 1. The van der Waals surface area contributed by atoms with Gasteiger partial charge in [0.25, 0.3) is 15.9 Å². The van der Waals surface area contributed by atoms with Gasteiger partial charge in [-0.3, -0.25) is 9.52 Å². The van der Waals surface area contributed by atoms with Gasteiger partial charge in [-0.25, -0.2) is 13.4 Å². The van der Waals surface area contributed by atoms with Crippen LogP contribution >= 0.6 is 27.3 Å². The van der Waals surface area contributed by atoms with Gasteiger partial charge in [-0.05, 0) is 71.2 Å². The first kappa shape index (κ1) is 23.2. The number of hydrogen-bond acceptors (Lipinski definition) is 6. The van der Waals surface area contributed by atoms with Crippen molar-refractivity contribution in [1.82, 2.24) is 4.98 Å². The molecule has 2 N–H and O–H groups in total. The summed E-state index contributed by atoms with van der Waals surface area (Å²) in [5, 5.41) is 3.61. The SMILES string of the molecule is COc1ccc(NC(=O)c2cc3cc(Br)cnc3s2)cc1S(=O)(=O)Nc1c(C)cccc1C. The number of methoxy groups -OCH3 is 1. The average Bonchev–Trinajstić information content (AvgIpc) is 3.20. The number of aryl methyl sites for hydroxylation is 2. The third-order valence-electron chi connectivity index (χ3n) is 4.99. The minimum atomic E-state index is -3.99. The highest BCUT2D eigenvalue weighted by Gasteiger charge is 2.23. The van der Waals surface area contributed by atoms with Gasteiger partial charge in [0.2, 0.25) is 0 Å². The third kappa shape index (κ3) is 4.87. The van der Waals surface area contributed by atoms with Crippen LogP contribution in [0.1, 0.15) is 20.8 Å². The number of ether oxygens (including phenoxy) is 1. The van der Waals surface area contributed by atoms with Crippen molar-refractivity contribution in [2.75, 3.05) is 17.1 Å². The maximum absolute atomic E-state index is 13.2. The van der Waals surface area contributed by atoms with Gasteiger partial charge >= 0.3 is 0 Å². The normalized spacial score (nSPS) is 11.4. The number of carbonyl (C=O) groups excluding carboxylic acids is 1. The number of fused-ring (bicyclic) bond motifs is 1. The summed E-state index contributed by atoms with van der Waals surface area (Å²) >= 11 is 4.63. The number of aromatic nitrogens is 1. The number of carbonyl (C=O) groups is 1. The molecule has 0 saturated carbocycles. The Balaban J connectivity index is 1.65. The molecule has 0 atom stereocenters. The van der Waals surface area contributed by atoms with E-state index >= 15 is 0 Å². The van der Waals surface area contributed by atoms with E-state index in [0.29, 0.717) is 16.3 Å². The number of pyridine rings is 1. The van der Waals surface area contributed by atoms with Gasteiger partial charge < -0.3 is 10.1 Å². The fourth-order valence-corrected chi connectivity index (χ4v) is 5.97. The molecular weight excluding hydrogens is 526 g/mol. The van der Waals surface area contributed by atoms with Gasteiger partial charge in [-0.15, -0.1) is 11.3 Å². The molecule has 7 nitrogen and oxygen atoms in total. The number of anilines is 2. The summed E-state index contributed by atoms with van der Waals surface area (Å²) in [6.07, 6.45) is 1.67. The van der Waals surface area contributed by atoms with Crippen LogP contribution in [-0.2, 0) is 10.0 Å². The first-order valence-electron chi connectivity index (χ1n) is 9.81. The largest absolute Gasteiger partial charge is 0.495 e. The summed E-state index contributed by atoms with van der Waals surface area (Å²) < 4.78 is 35.2. The van der Waals surface area contributed by atoms with Crippen LogP contribution in [-0.4, -0.2) is 26.4 Å². The lowest BCUT2D eigenvalue weighted by Gasteiger charge is -2.16. The summed E-state index contributed by atoms with van der Waals surface area (Å²) in [4.78, 5) is 18.3. The molecule has 2 heterocycles. The second kappa shape index (κ2) is 9.12. The molecule has 2 aromatic heterocycles. The van der Waals surface area contributed by atoms with Crippen LogP contribution in [0.2, 0.25) is 0 Å². The van der Waals surface area contributed by atoms with E-state index in [1.165, 1.54) is 30.6 Å². The maximum Gasteiger partial charge on any atom is 0.265 e. The van der Waals surface area contributed by atoms with E-state index in [4.69, 9.17) is 4.74 Å². The molecular formula is C23H20BrN3O4S2. The molecule has 33 heavy (non-hydrogen) atoms. The zero-order chi connectivity index (χ0) is 23.8. The third-order valence-corrected chi connectivity index (χ3v) is 7.85. The molecule has 10 heteroatoms. The van der Waals surface area contributed by atoms with E-state index in [1.54, 1.807) is 18.3 Å². The van der Waals surface area contributed by atoms with Gasteiger partial charge in [0.05, 0.1) is 17.7 Å². The first-order chi connectivity index (χ1) is 15.7. The standard InChI is InChI=1S/C23H20BrN3O4S2/c1-13-5-4-6-14(2)21(13)27-33(29,30)20-11-17(7-8-18(20)31-3)26-22(28)19-10-15-9-16(24)12-25-23(15)32-19/h4-12,27H,1-3H3,(H,26,28). The summed E-state index contributed by atoms with van der Waals surface area (Å²) in [7, 11) is -2.59. The highest BCUT2D eigenvalue weighted by atomic mass is 79.9. The Kier molecular flexibility index (Phi) is 6.42. The van der Waals surface area contributed by atoms with E-state index in [-0.39, 0.29) is 16.6 Å². The predicted octanol–water partition coefficient (Wildman–Crippen LogP) is 5.74. The maximum atomic E-state index is 13.2. The number of hydrogen-bond donors (Lipinski definition) is 2. The van der Waals surface area contributed by atoms with E-state index in [2.05, 4.69) is 31.0 Å². The molecule has 0 unspecified atom stereocenters. The second-order valence-corrected chi connectivity index (χ2v) is 10.9. The van der Waals surface area contributed by atoms with Crippen LogP contribution in [0, 0.1) is 13.8 Å². The van der Waals surface area contributed by atoms with E-state index in [9.17, 15) is 13.2 Å². The summed E-state index contributed by atoms with van der Waals surface area (Å²) in [6.45, 7) is 3.66. The van der Waals surface area contributed by atoms with Crippen molar-refractivity contribution in [3.05, 3.63) is 75.2 Å². The second-order valence-electron chi connectivity index (χ2n) is 7.35. The molecule has 0 bridgehead atoms. The number of nitrogens with zero attached hydrogens (tertiary/aromatic N) is 1. The number of sulfonamides is 1. The van der Waals surface area contributed by atoms with Crippen molar-refractivity contribution in [2.45, 2.75) is 18.7 Å². The molecule has 1 amide bonds. The smallest absolute Gasteiger partial charge is 0.265 e. The van der Waals surface area contributed by atoms with Crippen LogP contribution in [0.25, 0.3) is 10.2 Å². The van der Waals surface area contributed by atoms with Crippen LogP contribution in [0.15, 0.2) is 64.1 Å². The number of rotatable bonds is 6. The molecule has 2 aromatic carbocycles. The van der Waals surface area contributed by atoms with Gasteiger partial charge in [0, 0.05) is 21.7 Å². The first-order valence-corrected chi connectivity index (χ1v) is 12.9. The van der Waals surface area contributed by atoms with Gasteiger partial charge in [-0.2, -0.15) is 0 Å².